The molecule has 0 fully saturated rings. The molecular weight excluding hydrogens is 214 g/mol. The van der Waals surface area contributed by atoms with Crippen LogP contribution in [0.25, 0.3) is 0 Å². The van der Waals surface area contributed by atoms with Crippen molar-refractivity contribution >= 4 is 0 Å². The van der Waals surface area contributed by atoms with Gasteiger partial charge in [-0.05, 0) is 23.1 Å². The van der Waals surface area contributed by atoms with E-state index in [2.05, 4.69) is 30.0 Å². The van der Waals surface area contributed by atoms with Crippen LogP contribution in [-0.4, -0.2) is 36.8 Å². The van der Waals surface area contributed by atoms with Crippen molar-refractivity contribution in [2.45, 2.75) is 26.0 Å². The molecule has 1 aliphatic rings. The molecule has 3 nitrogen and oxygen atoms in total. The van der Waals surface area contributed by atoms with Crippen LogP contribution in [0.2, 0.25) is 0 Å². The lowest BCUT2D eigenvalue weighted by molar-refractivity contribution is 0.0418. The van der Waals surface area contributed by atoms with Crippen molar-refractivity contribution in [1.82, 2.24) is 4.90 Å². The van der Waals surface area contributed by atoms with Crippen LogP contribution in [0.4, 0.5) is 0 Å². The zero-order valence-electron chi connectivity index (χ0n) is 10.6. The van der Waals surface area contributed by atoms with Gasteiger partial charge in [-0.3, -0.25) is 4.90 Å². The van der Waals surface area contributed by atoms with Gasteiger partial charge in [0.1, 0.15) is 0 Å². The minimum Gasteiger partial charge on any atom is -0.395 e. The van der Waals surface area contributed by atoms with E-state index in [9.17, 15) is 0 Å². The van der Waals surface area contributed by atoms with Gasteiger partial charge in [0.25, 0.3) is 0 Å². The van der Waals surface area contributed by atoms with Crippen molar-refractivity contribution in [3.8, 4) is 0 Å². The fraction of sp³-hybridized carbons (Fsp3) is 0.571. The number of hydrogen-bond donors (Lipinski definition) is 1. The van der Waals surface area contributed by atoms with Gasteiger partial charge in [-0.1, -0.05) is 25.1 Å². The lowest BCUT2D eigenvalue weighted by Gasteiger charge is -2.33. The highest BCUT2D eigenvalue weighted by atomic mass is 16.5. The topological polar surface area (TPSA) is 32.7 Å². The number of methoxy groups -OCH3 is 1. The average Bonchev–Trinajstić information content (AvgIpc) is 2.37. The Bertz CT molecular complexity index is 378. The number of benzene rings is 1. The van der Waals surface area contributed by atoms with Crippen molar-refractivity contribution in [3.05, 3.63) is 34.9 Å². The highest BCUT2D eigenvalue weighted by Crippen LogP contribution is 2.29. The molecular formula is C14H21NO2. The van der Waals surface area contributed by atoms with Crippen LogP contribution < -0.4 is 0 Å². The number of hydrogen-bond acceptors (Lipinski definition) is 3. The molecule has 1 aromatic carbocycles. The van der Waals surface area contributed by atoms with E-state index in [0.717, 1.165) is 26.1 Å². The van der Waals surface area contributed by atoms with Crippen LogP contribution in [0.5, 0.6) is 0 Å². The minimum atomic E-state index is 0.135. The molecule has 0 amide bonds. The molecule has 0 radical (unpaired) electrons. The van der Waals surface area contributed by atoms with Crippen molar-refractivity contribution in [2.75, 3.05) is 26.8 Å². The van der Waals surface area contributed by atoms with Crippen LogP contribution in [0, 0.1) is 0 Å². The van der Waals surface area contributed by atoms with Crippen molar-refractivity contribution in [3.63, 3.8) is 0 Å². The van der Waals surface area contributed by atoms with E-state index in [1.54, 1.807) is 7.11 Å². The molecule has 1 aromatic rings. The van der Waals surface area contributed by atoms with Gasteiger partial charge in [0.2, 0.25) is 0 Å². The van der Waals surface area contributed by atoms with Gasteiger partial charge in [0, 0.05) is 26.7 Å². The average molecular weight is 235 g/mol. The number of aliphatic hydroxyl groups excluding tert-OH is 1. The Balaban J connectivity index is 2.27. The van der Waals surface area contributed by atoms with Crippen molar-refractivity contribution in [1.29, 1.82) is 0 Å². The summed E-state index contributed by atoms with van der Waals surface area (Å²) in [5.74, 6) is 0. The smallest absolute Gasteiger partial charge is 0.0951 e. The summed E-state index contributed by atoms with van der Waals surface area (Å²) in [6, 6.07) is 6.65. The van der Waals surface area contributed by atoms with E-state index in [1.165, 1.54) is 16.7 Å². The Morgan fingerprint density at radius 1 is 1.47 bits per heavy atom. The Morgan fingerprint density at radius 3 is 2.94 bits per heavy atom. The Labute approximate surface area is 103 Å². The number of rotatable bonds is 4. The first-order chi connectivity index (χ1) is 8.28. The van der Waals surface area contributed by atoms with Crippen LogP contribution in [0.3, 0.4) is 0 Å². The van der Waals surface area contributed by atoms with E-state index < -0.39 is 0 Å². The van der Waals surface area contributed by atoms with Gasteiger partial charge in [-0.15, -0.1) is 0 Å². The molecule has 0 saturated heterocycles. The molecule has 17 heavy (non-hydrogen) atoms. The van der Waals surface area contributed by atoms with Gasteiger partial charge in [-0.2, -0.15) is 0 Å². The van der Waals surface area contributed by atoms with E-state index >= 15 is 0 Å². The number of nitrogens with zero attached hydrogens (tertiary/aromatic N) is 1. The lowest BCUT2D eigenvalue weighted by atomic mass is 9.94. The Hall–Kier alpha value is -0.900. The molecule has 0 saturated carbocycles. The normalized spacial score (nSPS) is 20.3. The summed E-state index contributed by atoms with van der Waals surface area (Å²) < 4.78 is 5.54. The SMILES string of the molecule is CCc1ccc2c(c1)CN(CCO)CC2OC. The van der Waals surface area contributed by atoms with Crippen molar-refractivity contribution < 1.29 is 9.84 Å². The highest BCUT2D eigenvalue weighted by Gasteiger charge is 2.24. The summed E-state index contributed by atoms with van der Waals surface area (Å²) in [6.45, 7) is 4.89. The number of aliphatic hydroxyl groups is 1. The van der Waals surface area contributed by atoms with E-state index in [1.807, 2.05) is 0 Å². The number of fused-ring (bicyclic) bond motifs is 1. The molecule has 1 atom stereocenters. The molecule has 0 spiro atoms. The zero-order chi connectivity index (χ0) is 12.3. The summed E-state index contributed by atoms with van der Waals surface area (Å²) >= 11 is 0. The molecule has 1 heterocycles. The minimum absolute atomic E-state index is 0.135. The lowest BCUT2D eigenvalue weighted by Crippen LogP contribution is -2.36. The molecule has 0 bridgehead atoms. The van der Waals surface area contributed by atoms with Crippen molar-refractivity contribution in [2.24, 2.45) is 0 Å². The van der Waals surface area contributed by atoms with Gasteiger partial charge < -0.3 is 9.84 Å². The number of β-amino-alcohol motifs (C(OH)–C–C–N with tert-alkyl or cyclic N) is 1. The molecule has 0 aromatic heterocycles. The third-order valence-corrected chi connectivity index (χ3v) is 3.48. The molecule has 1 N–H and O–H groups in total. The second kappa shape index (κ2) is 5.63. The summed E-state index contributed by atoms with van der Waals surface area (Å²) in [6.07, 6.45) is 1.20. The summed E-state index contributed by atoms with van der Waals surface area (Å²) in [5.41, 5.74) is 4.01. The quantitative estimate of drug-likeness (QED) is 0.863. The van der Waals surface area contributed by atoms with Crippen LogP contribution in [0.15, 0.2) is 18.2 Å². The standard InChI is InChI=1S/C14H21NO2/c1-3-11-4-5-13-12(8-11)9-15(6-7-16)10-14(13)17-2/h4-5,8,14,16H,3,6-7,9-10H2,1-2H3. The summed E-state index contributed by atoms with van der Waals surface area (Å²) in [4.78, 5) is 2.25. The molecule has 3 heteroatoms. The maximum atomic E-state index is 9.04. The van der Waals surface area contributed by atoms with Crippen LogP contribution in [-0.2, 0) is 17.7 Å². The second-order valence-electron chi connectivity index (χ2n) is 4.57. The third kappa shape index (κ3) is 2.68. The Morgan fingerprint density at radius 2 is 2.29 bits per heavy atom. The molecule has 94 valence electrons. The number of aryl methyl sites for hydroxylation is 1. The maximum absolute atomic E-state index is 9.04. The Kier molecular flexibility index (Phi) is 4.15. The summed E-state index contributed by atoms with van der Waals surface area (Å²) in [7, 11) is 1.75. The van der Waals surface area contributed by atoms with Crippen LogP contribution in [0.1, 0.15) is 29.7 Å². The fourth-order valence-corrected chi connectivity index (χ4v) is 2.48. The van der Waals surface area contributed by atoms with E-state index in [0.29, 0.717) is 0 Å². The highest BCUT2D eigenvalue weighted by molar-refractivity contribution is 5.35. The van der Waals surface area contributed by atoms with Gasteiger partial charge in [-0.25, -0.2) is 0 Å². The first-order valence-electron chi connectivity index (χ1n) is 6.26. The number of ether oxygens (including phenoxy) is 1. The predicted octanol–water partition coefficient (Wildman–Crippen LogP) is 1.74. The first kappa shape index (κ1) is 12.6. The predicted molar refractivity (Wildman–Crippen MR) is 67.9 cm³/mol. The zero-order valence-corrected chi connectivity index (χ0v) is 10.6. The molecule has 1 aliphatic heterocycles. The third-order valence-electron chi connectivity index (χ3n) is 3.48. The summed E-state index contributed by atoms with van der Waals surface area (Å²) in [5, 5.41) is 9.04. The van der Waals surface area contributed by atoms with Gasteiger partial charge >= 0.3 is 0 Å². The molecule has 2 rings (SSSR count). The largest absolute Gasteiger partial charge is 0.395 e. The first-order valence-corrected chi connectivity index (χ1v) is 6.26. The molecule has 0 aliphatic carbocycles. The monoisotopic (exact) mass is 235 g/mol. The molecule has 1 unspecified atom stereocenters. The van der Waals surface area contributed by atoms with Gasteiger partial charge in [0.15, 0.2) is 0 Å². The second-order valence-corrected chi connectivity index (χ2v) is 4.57. The maximum Gasteiger partial charge on any atom is 0.0951 e. The van der Waals surface area contributed by atoms with E-state index in [-0.39, 0.29) is 12.7 Å². The van der Waals surface area contributed by atoms with E-state index in [4.69, 9.17) is 9.84 Å². The fourth-order valence-electron chi connectivity index (χ4n) is 2.48. The van der Waals surface area contributed by atoms with Crippen LogP contribution >= 0.6 is 0 Å². The van der Waals surface area contributed by atoms with Gasteiger partial charge in [0.05, 0.1) is 12.7 Å².